The zero-order chi connectivity index (χ0) is 15.2. The van der Waals surface area contributed by atoms with Gasteiger partial charge in [-0.1, -0.05) is 20.8 Å². The fraction of sp³-hybridized carbons (Fsp3) is 0.867. The molecule has 0 aliphatic carbocycles. The van der Waals surface area contributed by atoms with Crippen molar-refractivity contribution in [2.45, 2.75) is 65.6 Å². The van der Waals surface area contributed by atoms with Gasteiger partial charge in [0.25, 0.3) is 0 Å². The summed E-state index contributed by atoms with van der Waals surface area (Å²) in [5.41, 5.74) is 0.128. The maximum absolute atomic E-state index is 4.43. The minimum Gasteiger partial charge on any atom is -0.315 e. The number of hydrogen-bond acceptors (Lipinski definition) is 4. The molecule has 1 heterocycles. The molecule has 2 atom stereocenters. The van der Waals surface area contributed by atoms with E-state index in [-0.39, 0.29) is 5.54 Å². The third-order valence-electron chi connectivity index (χ3n) is 4.68. The van der Waals surface area contributed by atoms with Crippen LogP contribution in [0.4, 0.5) is 0 Å². The Hall–Kier alpha value is -0.940. The van der Waals surface area contributed by atoms with E-state index in [1.165, 1.54) is 0 Å². The molecule has 0 aromatic carbocycles. The van der Waals surface area contributed by atoms with Gasteiger partial charge in [-0.05, 0) is 40.4 Å². The van der Waals surface area contributed by atoms with Crippen LogP contribution in [-0.4, -0.2) is 51.4 Å². The van der Waals surface area contributed by atoms with E-state index >= 15 is 0 Å². The minimum absolute atomic E-state index is 0.128. The van der Waals surface area contributed by atoms with Gasteiger partial charge in [0.1, 0.15) is 12.2 Å². The van der Waals surface area contributed by atoms with Crippen LogP contribution >= 0.6 is 0 Å². The van der Waals surface area contributed by atoms with Crippen molar-refractivity contribution in [2.75, 3.05) is 20.1 Å². The molecule has 0 saturated heterocycles. The van der Waals surface area contributed by atoms with E-state index in [4.69, 9.17) is 0 Å². The Kier molecular flexibility index (Phi) is 6.62. The first-order valence-electron chi connectivity index (χ1n) is 7.86. The van der Waals surface area contributed by atoms with Crippen LogP contribution in [-0.2, 0) is 13.0 Å². The van der Waals surface area contributed by atoms with Crippen molar-refractivity contribution in [1.82, 2.24) is 25.0 Å². The predicted octanol–water partition coefficient (Wildman–Crippen LogP) is 1.94. The van der Waals surface area contributed by atoms with E-state index < -0.39 is 0 Å². The molecule has 0 aliphatic rings. The van der Waals surface area contributed by atoms with E-state index in [1.54, 1.807) is 6.33 Å². The molecule has 0 amide bonds. The van der Waals surface area contributed by atoms with Crippen LogP contribution in [0, 0.1) is 0 Å². The Balaban J connectivity index is 2.97. The van der Waals surface area contributed by atoms with Crippen LogP contribution in [0.5, 0.6) is 0 Å². The molecular formula is C15H31N5. The largest absolute Gasteiger partial charge is 0.315 e. The lowest BCUT2D eigenvalue weighted by Gasteiger charge is -2.45. The summed E-state index contributed by atoms with van der Waals surface area (Å²) in [6, 6.07) is 0.363. The van der Waals surface area contributed by atoms with Gasteiger partial charge in [-0.15, -0.1) is 0 Å². The molecule has 1 rings (SSSR count). The number of nitrogens with zero attached hydrogens (tertiary/aromatic N) is 4. The summed E-state index contributed by atoms with van der Waals surface area (Å²) in [6.07, 6.45) is 3.68. The lowest BCUT2D eigenvalue weighted by molar-refractivity contribution is 0.0719. The third-order valence-corrected chi connectivity index (χ3v) is 4.68. The molecule has 5 nitrogen and oxygen atoms in total. The Labute approximate surface area is 123 Å². The van der Waals surface area contributed by atoms with Gasteiger partial charge in [-0.2, -0.15) is 5.10 Å². The molecule has 0 saturated carbocycles. The molecule has 20 heavy (non-hydrogen) atoms. The molecule has 1 aromatic rings. The van der Waals surface area contributed by atoms with Crippen molar-refractivity contribution in [3.8, 4) is 0 Å². The van der Waals surface area contributed by atoms with Crippen LogP contribution in [0.2, 0.25) is 0 Å². The van der Waals surface area contributed by atoms with E-state index in [9.17, 15) is 0 Å². The number of likely N-dealkylation sites (N-methyl/N-ethyl adjacent to an activating group) is 2. The Morgan fingerprint density at radius 1 is 1.30 bits per heavy atom. The van der Waals surface area contributed by atoms with Crippen LogP contribution in [0.25, 0.3) is 0 Å². The number of nitrogens with one attached hydrogen (secondary N) is 1. The quantitative estimate of drug-likeness (QED) is 0.751. The highest BCUT2D eigenvalue weighted by molar-refractivity contribution is 5.01. The molecule has 0 bridgehead atoms. The molecule has 2 unspecified atom stereocenters. The molecule has 116 valence electrons. The molecular weight excluding hydrogens is 250 g/mol. The van der Waals surface area contributed by atoms with E-state index in [0.29, 0.717) is 6.04 Å². The molecule has 0 aliphatic heterocycles. The first kappa shape index (κ1) is 17.1. The topological polar surface area (TPSA) is 46.0 Å². The van der Waals surface area contributed by atoms with E-state index in [0.717, 1.165) is 38.3 Å². The van der Waals surface area contributed by atoms with Crippen molar-refractivity contribution in [3.05, 3.63) is 12.2 Å². The Morgan fingerprint density at radius 3 is 2.40 bits per heavy atom. The van der Waals surface area contributed by atoms with Crippen molar-refractivity contribution in [3.63, 3.8) is 0 Å². The van der Waals surface area contributed by atoms with Crippen LogP contribution < -0.4 is 5.32 Å². The second kappa shape index (κ2) is 7.74. The van der Waals surface area contributed by atoms with Crippen molar-refractivity contribution in [1.29, 1.82) is 0 Å². The average molecular weight is 281 g/mol. The fourth-order valence-corrected chi connectivity index (χ4v) is 3.16. The highest BCUT2D eigenvalue weighted by Gasteiger charge is 2.36. The fourth-order valence-electron chi connectivity index (χ4n) is 3.16. The number of rotatable bonds is 9. The Bertz CT molecular complexity index is 385. The molecule has 1 aromatic heterocycles. The van der Waals surface area contributed by atoms with Crippen molar-refractivity contribution < 1.29 is 0 Å². The molecule has 0 radical (unpaired) electrons. The predicted molar refractivity (Wildman–Crippen MR) is 83.9 cm³/mol. The number of aromatic nitrogens is 3. The molecule has 1 N–H and O–H groups in total. The van der Waals surface area contributed by atoms with Crippen molar-refractivity contribution >= 4 is 0 Å². The van der Waals surface area contributed by atoms with Crippen molar-refractivity contribution in [2.24, 2.45) is 0 Å². The normalized spacial score (nSPS) is 16.4. The van der Waals surface area contributed by atoms with Crippen LogP contribution in [0.1, 0.15) is 46.9 Å². The first-order valence-corrected chi connectivity index (χ1v) is 7.86. The third kappa shape index (κ3) is 3.38. The van der Waals surface area contributed by atoms with Gasteiger partial charge in [0.05, 0.1) is 0 Å². The summed E-state index contributed by atoms with van der Waals surface area (Å²) in [5.74, 6) is 1.07. The zero-order valence-corrected chi connectivity index (χ0v) is 14.0. The van der Waals surface area contributed by atoms with Gasteiger partial charge >= 0.3 is 0 Å². The summed E-state index contributed by atoms with van der Waals surface area (Å²) in [4.78, 5) is 6.97. The summed E-state index contributed by atoms with van der Waals surface area (Å²) in [5, 5.41) is 7.79. The first-order chi connectivity index (χ1) is 9.57. The van der Waals surface area contributed by atoms with Crippen LogP contribution in [0.3, 0.4) is 0 Å². The summed E-state index contributed by atoms with van der Waals surface area (Å²) >= 11 is 0. The maximum Gasteiger partial charge on any atom is 0.138 e. The van der Waals surface area contributed by atoms with Gasteiger partial charge in [-0.25, -0.2) is 4.98 Å². The molecule has 0 spiro atoms. The monoisotopic (exact) mass is 281 g/mol. The summed E-state index contributed by atoms with van der Waals surface area (Å²) < 4.78 is 1.99. The molecule has 5 heteroatoms. The van der Waals surface area contributed by atoms with E-state index in [2.05, 4.69) is 62.0 Å². The smallest absolute Gasteiger partial charge is 0.138 e. The second-order valence-corrected chi connectivity index (χ2v) is 5.42. The highest BCUT2D eigenvalue weighted by atomic mass is 15.3. The lowest BCUT2D eigenvalue weighted by Crippen LogP contribution is -2.59. The number of hydrogen-bond donors (Lipinski definition) is 1. The summed E-state index contributed by atoms with van der Waals surface area (Å²) in [7, 11) is 2.05. The summed E-state index contributed by atoms with van der Waals surface area (Å²) in [6.45, 7) is 14.2. The molecule has 0 fully saturated rings. The second-order valence-electron chi connectivity index (χ2n) is 5.42. The lowest BCUT2D eigenvalue weighted by atomic mass is 9.85. The van der Waals surface area contributed by atoms with Gasteiger partial charge in [0.2, 0.25) is 0 Å². The standard InChI is InChI=1S/C15H31N5/c1-7-15(5,19(8-2)9-3)13(16-6)11-14-17-12-18-20(14)10-4/h12-13,16H,7-11H2,1-6H3. The Morgan fingerprint density at radius 2 is 1.95 bits per heavy atom. The SMILES string of the molecule is CCN(CC)C(C)(CC)C(Cc1ncnn1CC)NC. The van der Waals surface area contributed by atoms with Gasteiger partial charge in [-0.3, -0.25) is 9.58 Å². The minimum atomic E-state index is 0.128. The van der Waals surface area contributed by atoms with Gasteiger partial charge < -0.3 is 5.32 Å². The maximum atomic E-state index is 4.43. The van der Waals surface area contributed by atoms with Gasteiger partial charge in [0.15, 0.2) is 0 Å². The van der Waals surface area contributed by atoms with Gasteiger partial charge in [0, 0.05) is 24.5 Å². The van der Waals surface area contributed by atoms with Crippen LogP contribution in [0.15, 0.2) is 6.33 Å². The highest BCUT2D eigenvalue weighted by Crippen LogP contribution is 2.25. The number of aryl methyl sites for hydroxylation is 1. The average Bonchev–Trinajstić information content (AvgIpc) is 2.92. The zero-order valence-electron chi connectivity index (χ0n) is 14.0. The van der Waals surface area contributed by atoms with E-state index in [1.807, 2.05) is 4.68 Å².